The molecule has 0 spiro atoms. The Morgan fingerprint density at radius 1 is 1.10 bits per heavy atom. The monoisotopic (exact) mass is 407 g/mol. The molecule has 0 atom stereocenters. The summed E-state index contributed by atoms with van der Waals surface area (Å²) in [6.45, 7) is 3.20. The van der Waals surface area contributed by atoms with Crippen LogP contribution < -0.4 is 4.90 Å². The van der Waals surface area contributed by atoms with Crippen LogP contribution in [0.15, 0.2) is 30.5 Å². The van der Waals surface area contributed by atoms with E-state index in [1.165, 1.54) is 0 Å². The van der Waals surface area contributed by atoms with Crippen LogP contribution in [0.5, 0.6) is 0 Å². The molecule has 0 aliphatic carbocycles. The first kappa shape index (κ1) is 18.6. The lowest BCUT2D eigenvalue weighted by Gasteiger charge is -2.47. The van der Waals surface area contributed by atoms with E-state index >= 15 is 0 Å². The van der Waals surface area contributed by atoms with Gasteiger partial charge in [-0.25, -0.2) is 0 Å². The molecule has 3 fully saturated rings. The predicted molar refractivity (Wildman–Crippen MR) is 116 cm³/mol. The van der Waals surface area contributed by atoms with Gasteiger partial charge in [-0.05, 0) is 56.4 Å². The minimum Gasteiger partial charge on any atom is -0.353 e. The molecule has 0 saturated carbocycles. The van der Waals surface area contributed by atoms with Crippen LogP contribution in [0, 0.1) is 5.41 Å². The third-order valence-corrected chi connectivity index (χ3v) is 7.62. The molecule has 3 aliphatic heterocycles. The summed E-state index contributed by atoms with van der Waals surface area (Å²) in [5.41, 5.74) is 1.81. The van der Waals surface area contributed by atoms with Crippen LogP contribution in [0.3, 0.4) is 0 Å². The Labute approximate surface area is 174 Å². The summed E-state index contributed by atoms with van der Waals surface area (Å²) in [6.07, 6.45) is 5.34. The number of carbonyl (C=O) groups excluding carboxylic acids is 1. The van der Waals surface area contributed by atoms with E-state index in [0.29, 0.717) is 12.2 Å². The number of ketones is 1. The maximum Gasteiger partial charge on any atom is 0.208 e. The van der Waals surface area contributed by atoms with Gasteiger partial charge < -0.3 is 9.80 Å². The number of nitrogens with zero attached hydrogens (tertiary/aromatic N) is 5. The molecule has 3 aromatic rings. The zero-order valence-electron chi connectivity index (χ0n) is 16.9. The van der Waals surface area contributed by atoms with E-state index in [1.54, 1.807) is 11.3 Å². The second-order valence-corrected chi connectivity index (χ2v) is 9.45. The summed E-state index contributed by atoms with van der Waals surface area (Å²) >= 11 is 1.57. The Morgan fingerprint density at radius 3 is 2.55 bits per heavy atom. The van der Waals surface area contributed by atoms with E-state index in [9.17, 15) is 4.79 Å². The van der Waals surface area contributed by atoms with Gasteiger partial charge in [0.25, 0.3) is 0 Å². The fourth-order valence-electron chi connectivity index (χ4n) is 4.53. The van der Waals surface area contributed by atoms with E-state index < -0.39 is 0 Å². The highest BCUT2D eigenvalue weighted by atomic mass is 32.1. The quantitative estimate of drug-likeness (QED) is 0.646. The Balaban J connectivity index is 1.41. The van der Waals surface area contributed by atoms with E-state index in [1.807, 2.05) is 25.2 Å². The van der Waals surface area contributed by atoms with Crippen molar-refractivity contribution in [2.45, 2.75) is 25.7 Å². The molecular formula is C22H25N5OS. The van der Waals surface area contributed by atoms with E-state index in [2.05, 4.69) is 44.3 Å². The number of anilines is 1. The number of rotatable bonds is 5. The summed E-state index contributed by atoms with van der Waals surface area (Å²) in [6, 6.07) is 8.32. The predicted octanol–water partition coefficient (Wildman–Crippen LogP) is 3.42. The van der Waals surface area contributed by atoms with E-state index in [-0.39, 0.29) is 5.41 Å². The summed E-state index contributed by atoms with van der Waals surface area (Å²) < 4.78 is 0. The van der Waals surface area contributed by atoms with Crippen LogP contribution >= 0.6 is 11.3 Å². The van der Waals surface area contributed by atoms with Crippen molar-refractivity contribution in [2.75, 3.05) is 38.6 Å². The van der Waals surface area contributed by atoms with Crippen LogP contribution in [0.25, 0.3) is 21.3 Å². The minimum atomic E-state index is -0.109. The molecule has 1 aromatic carbocycles. The molecule has 2 aromatic heterocycles. The van der Waals surface area contributed by atoms with Gasteiger partial charge in [0.05, 0.1) is 0 Å². The van der Waals surface area contributed by atoms with Crippen molar-refractivity contribution in [3.63, 3.8) is 0 Å². The number of pyridine rings is 1. The van der Waals surface area contributed by atoms with Crippen LogP contribution in [0.4, 0.5) is 5.13 Å². The second-order valence-electron chi connectivity index (χ2n) is 8.49. The normalized spacial score (nSPS) is 23.4. The highest BCUT2D eigenvalue weighted by Crippen LogP contribution is 2.41. The maximum atomic E-state index is 13.2. The lowest BCUT2D eigenvalue weighted by Crippen LogP contribution is -2.52. The zero-order valence-corrected chi connectivity index (χ0v) is 17.7. The number of benzene rings is 1. The number of fused-ring (bicyclic) bond motifs is 4. The van der Waals surface area contributed by atoms with E-state index in [4.69, 9.17) is 0 Å². The number of carbonyl (C=O) groups is 1. The summed E-state index contributed by atoms with van der Waals surface area (Å²) in [7, 11) is 3.94. The van der Waals surface area contributed by atoms with Crippen molar-refractivity contribution in [1.29, 1.82) is 0 Å². The van der Waals surface area contributed by atoms with E-state index in [0.717, 1.165) is 71.1 Å². The van der Waals surface area contributed by atoms with Crippen LogP contribution in [0.2, 0.25) is 0 Å². The SMILES string of the molecule is CN(C)c1nnc(-c2ccc3cnc(CC(=O)C45CCN(CC4)CC5)cc3c2)s1. The molecular weight excluding hydrogens is 382 g/mol. The first-order valence-electron chi connectivity index (χ1n) is 10.2. The molecule has 3 saturated heterocycles. The molecule has 5 heterocycles. The highest BCUT2D eigenvalue weighted by Gasteiger charge is 2.44. The standard InChI is InChI=1S/C22H25N5OS/c1-26(2)21-25-24-20(29-21)15-3-4-16-14-23-18(12-17(16)11-15)13-19(28)22-5-8-27(9-6-22)10-7-22/h3-4,11-12,14H,5-10,13H2,1-2H3. The fourth-order valence-corrected chi connectivity index (χ4v) is 5.29. The van der Waals surface area contributed by atoms with Crippen LogP contribution in [-0.4, -0.2) is 59.6 Å². The fraction of sp³-hybridized carbons (Fsp3) is 0.455. The number of hydrogen-bond donors (Lipinski definition) is 0. The first-order valence-corrected chi connectivity index (χ1v) is 11.0. The summed E-state index contributed by atoms with van der Waals surface area (Å²) in [5, 5.41) is 12.5. The van der Waals surface area contributed by atoms with Crippen molar-refractivity contribution >= 4 is 33.0 Å². The molecule has 0 amide bonds. The first-order chi connectivity index (χ1) is 14.0. The molecule has 6 rings (SSSR count). The van der Waals surface area contributed by atoms with Gasteiger partial charge in [0.15, 0.2) is 0 Å². The Bertz CT molecular complexity index is 1050. The molecule has 0 radical (unpaired) electrons. The second kappa shape index (κ2) is 7.15. The smallest absolute Gasteiger partial charge is 0.208 e. The minimum absolute atomic E-state index is 0.109. The number of Topliss-reactive ketones (excluding diaryl/α,β-unsaturated/α-hetero) is 1. The highest BCUT2D eigenvalue weighted by molar-refractivity contribution is 7.18. The lowest BCUT2D eigenvalue weighted by molar-refractivity contribution is -0.135. The maximum absolute atomic E-state index is 13.2. The molecule has 0 N–H and O–H groups in total. The van der Waals surface area contributed by atoms with Crippen LogP contribution in [0.1, 0.15) is 25.0 Å². The van der Waals surface area contributed by atoms with Gasteiger partial charge in [0, 0.05) is 48.8 Å². The summed E-state index contributed by atoms with van der Waals surface area (Å²) in [5.74, 6) is 0.375. The Hall–Kier alpha value is -2.38. The zero-order chi connectivity index (χ0) is 20.0. The molecule has 29 heavy (non-hydrogen) atoms. The van der Waals surface area contributed by atoms with Gasteiger partial charge in [-0.1, -0.05) is 23.5 Å². The van der Waals surface area contributed by atoms with Gasteiger partial charge in [0.2, 0.25) is 5.13 Å². The topological polar surface area (TPSA) is 62.2 Å². The molecule has 2 bridgehead atoms. The molecule has 150 valence electrons. The number of aromatic nitrogens is 3. The summed E-state index contributed by atoms with van der Waals surface area (Å²) in [4.78, 5) is 22.2. The number of piperidine rings is 3. The lowest BCUT2D eigenvalue weighted by atomic mass is 9.68. The largest absolute Gasteiger partial charge is 0.353 e. The van der Waals surface area contributed by atoms with Crippen molar-refractivity contribution < 1.29 is 4.79 Å². The Morgan fingerprint density at radius 2 is 1.86 bits per heavy atom. The average molecular weight is 408 g/mol. The molecule has 3 aliphatic rings. The van der Waals surface area contributed by atoms with Crippen molar-refractivity contribution in [3.05, 3.63) is 36.2 Å². The molecule has 7 heteroatoms. The Kier molecular flexibility index (Phi) is 4.59. The van der Waals surface area contributed by atoms with Gasteiger partial charge in [0.1, 0.15) is 10.8 Å². The van der Waals surface area contributed by atoms with Crippen LogP contribution in [-0.2, 0) is 11.2 Å². The third-order valence-electron chi connectivity index (χ3n) is 6.48. The van der Waals surface area contributed by atoms with Crippen molar-refractivity contribution in [2.24, 2.45) is 5.41 Å². The average Bonchev–Trinajstić information content (AvgIpc) is 3.25. The number of hydrogen-bond acceptors (Lipinski definition) is 7. The van der Waals surface area contributed by atoms with Crippen molar-refractivity contribution in [3.8, 4) is 10.6 Å². The van der Waals surface area contributed by atoms with Gasteiger partial charge >= 0.3 is 0 Å². The molecule has 6 nitrogen and oxygen atoms in total. The van der Waals surface area contributed by atoms with Gasteiger partial charge in [-0.3, -0.25) is 9.78 Å². The third kappa shape index (κ3) is 3.42. The van der Waals surface area contributed by atoms with Gasteiger partial charge in [-0.2, -0.15) is 0 Å². The van der Waals surface area contributed by atoms with Gasteiger partial charge in [-0.15, -0.1) is 10.2 Å². The molecule has 0 unspecified atom stereocenters. The van der Waals surface area contributed by atoms with Crippen molar-refractivity contribution in [1.82, 2.24) is 20.1 Å².